The Hall–Kier alpha value is -1.46. The number of esters is 1. The molecule has 0 bridgehead atoms. The third kappa shape index (κ3) is 5.39. The normalized spacial score (nSPS) is 12.0. The molecule has 1 aromatic heterocycles. The van der Waals surface area contributed by atoms with Crippen molar-refractivity contribution in [2.75, 3.05) is 6.61 Å². The molecule has 0 radical (unpaired) electrons. The Bertz CT molecular complexity index is 541. The van der Waals surface area contributed by atoms with Crippen molar-refractivity contribution < 1.29 is 19.1 Å². The quantitative estimate of drug-likeness (QED) is 0.535. The van der Waals surface area contributed by atoms with Gasteiger partial charge in [-0.3, -0.25) is 4.79 Å². The Morgan fingerprint density at radius 3 is 2.41 bits per heavy atom. The van der Waals surface area contributed by atoms with Crippen LogP contribution in [0.2, 0.25) is 0 Å². The summed E-state index contributed by atoms with van der Waals surface area (Å²) in [6.07, 6.45) is 0.497. The van der Waals surface area contributed by atoms with E-state index in [4.69, 9.17) is 9.47 Å². The van der Waals surface area contributed by atoms with E-state index >= 15 is 0 Å². The van der Waals surface area contributed by atoms with Gasteiger partial charge in [0.1, 0.15) is 16.1 Å². The van der Waals surface area contributed by atoms with Gasteiger partial charge in [0.25, 0.3) is 0 Å². The van der Waals surface area contributed by atoms with Crippen molar-refractivity contribution >= 4 is 23.1 Å². The minimum Gasteiger partial charge on any atom is -0.455 e. The first kappa shape index (κ1) is 18.6. The molecule has 0 unspecified atom stereocenters. The first-order chi connectivity index (χ1) is 10.1. The molecule has 0 aliphatic rings. The summed E-state index contributed by atoms with van der Waals surface area (Å²) in [5.74, 6) is -0.460. The van der Waals surface area contributed by atoms with Crippen LogP contribution in [0.15, 0.2) is 29.7 Å². The number of hydrogen-bond donors (Lipinski definition) is 0. The fraction of sp³-hybridized carbons (Fsp3) is 0.529. The predicted octanol–water partition coefficient (Wildman–Crippen LogP) is 4.01. The van der Waals surface area contributed by atoms with Crippen LogP contribution in [0.4, 0.5) is 0 Å². The lowest BCUT2D eigenvalue weighted by Crippen LogP contribution is -2.38. The van der Waals surface area contributed by atoms with Crippen molar-refractivity contribution in [3.8, 4) is 0 Å². The lowest BCUT2D eigenvalue weighted by atomic mass is 9.98. The lowest BCUT2D eigenvalue weighted by Gasteiger charge is -2.28. The summed E-state index contributed by atoms with van der Waals surface area (Å²) >= 11 is 1.35. The Kier molecular flexibility index (Phi) is 6.08. The molecule has 4 nitrogen and oxygen atoms in total. The largest absolute Gasteiger partial charge is 0.455 e. The molecule has 5 heteroatoms. The van der Waals surface area contributed by atoms with Gasteiger partial charge >= 0.3 is 5.97 Å². The van der Waals surface area contributed by atoms with E-state index in [2.05, 4.69) is 6.58 Å². The molecule has 0 N–H and O–H groups in total. The number of carbonyl (C=O) groups excluding carboxylic acids is 2. The highest BCUT2D eigenvalue weighted by Crippen LogP contribution is 2.22. The Balaban J connectivity index is 2.50. The molecule has 22 heavy (non-hydrogen) atoms. The number of ketones is 1. The second-order valence-corrected chi connectivity index (χ2v) is 7.29. The zero-order valence-electron chi connectivity index (χ0n) is 13.9. The molecule has 0 aliphatic heterocycles. The lowest BCUT2D eigenvalue weighted by molar-refractivity contribution is -0.138. The van der Waals surface area contributed by atoms with E-state index in [9.17, 15) is 9.59 Å². The molecular formula is C17H24O4S. The van der Waals surface area contributed by atoms with Crippen LogP contribution >= 0.6 is 11.3 Å². The van der Waals surface area contributed by atoms with Gasteiger partial charge < -0.3 is 9.47 Å². The van der Waals surface area contributed by atoms with Gasteiger partial charge in [0.15, 0.2) is 5.78 Å². The Labute approximate surface area is 136 Å². The van der Waals surface area contributed by atoms with E-state index < -0.39 is 11.2 Å². The summed E-state index contributed by atoms with van der Waals surface area (Å²) in [4.78, 5) is 24.5. The van der Waals surface area contributed by atoms with Gasteiger partial charge in [-0.1, -0.05) is 12.6 Å². The van der Waals surface area contributed by atoms with E-state index in [1.807, 2.05) is 25.3 Å². The molecule has 0 aliphatic carbocycles. The van der Waals surface area contributed by atoms with Crippen LogP contribution in [0.25, 0.3) is 0 Å². The fourth-order valence-corrected chi connectivity index (χ4v) is 2.48. The Morgan fingerprint density at radius 2 is 1.91 bits per heavy atom. The molecule has 1 heterocycles. The van der Waals surface area contributed by atoms with Crippen molar-refractivity contribution in [1.29, 1.82) is 0 Å². The molecule has 1 aromatic rings. The van der Waals surface area contributed by atoms with Crippen LogP contribution in [0.5, 0.6) is 0 Å². The molecule has 0 atom stereocenters. The topological polar surface area (TPSA) is 52.6 Å². The number of carbonyl (C=O) groups is 2. The molecule has 0 saturated carbocycles. The van der Waals surface area contributed by atoms with E-state index in [1.54, 1.807) is 26.8 Å². The van der Waals surface area contributed by atoms with Crippen molar-refractivity contribution in [2.24, 2.45) is 0 Å². The van der Waals surface area contributed by atoms with Gasteiger partial charge in [0.05, 0.1) is 6.61 Å². The molecule has 1 rings (SSSR count). The molecule has 0 fully saturated rings. The maximum atomic E-state index is 12.0. The van der Waals surface area contributed by atoms with Crippen LogP contribution in [-0.4, -0.2) is 29.6 Å². The monoisotopic (exact) mass is 324 g/mol. The van der Waals surface area contributed by atoms with Gasteiger partial charge in [-0.2, -0.15) is 0 Å². The van der Waals surface area contributed by atoms with Crippen LogP contribution in [0, 0.1) is 0 Å². The molecule has 0 saturated heterocycles. The van der Waals surface area contributed by atoms with Crippen molar-refractivity contribution in [1.82, 2.24) is 0 Å². The third-order valence-electron chi connectivity index (χ3n) is 3.19. The van der Waals surface area contributed by atoms with Gasteiger partial charge in [0.2, 0.25) is 0 Å². The highest BCUT2D eigenvalue weighted by Gasteiger charge is 2.30. The van der Waals surface area contributed by atoms with E-state index in [-0.39, 0.29) is 11.8 Å². The highest BCUT2D eigenvalue weighted by atomic mass is 32.1. The van der Waals surface area contributed by atoms with Gasteiger partial charge in [-0.15, -0.1) is 11.3 Å². The second kappa shape index (κ2) is 7.20. The summed E-state index contributed by atoms with van der Waals surface area (Å²) < 4.78 is 11.2. The highest BCUT2D eigenvalue weighted by molar-refractivity contribution is 7.11. The van der Waals surface area contributed by atoms with Gasteiger partial charge in [0, 0.05) is 6.42 Å². The van der Waals surface area contributed by atoms with Crippen LogP contribution in [0.1, 0.15) is 50.7 Å². The first-order valence-corrected chi connectivity index (χ1v) is 8.04. The zero-order chi connectivity index (χ0) is 17.0. The number of hydrogen-bond acceptors (Lipinski definition) is 5. The minimum absolute atomic E-state index is 0.124. The number of ether oxygens (including phenoxy) is 2. The molecular weight excluding hydrogens is 300 g/mol. The third-order valence-corrected chi connectivity index (χ3v) is 4.04. The Morgan fingerprint density at radius 1 is 1.27 bits per heavy atom. The van der Waals surface area contributed by atoms with E-state index in [0.29, 0.717) is 23.5 Å². The van der Waals surface area contributed by atoms with Crippen molar-refractivity contribution in [2.45, 2.75) is 52.2 Å². The van der Waals surface area contributed by atoms with Gasteiger partial charge in [-0.25, -0.2) is 4.79 Å². The molecule has 122 valence electrons. The van der Waals surface area contributed by atoms with Gasteiger partial charge in [-0.05, 0) is 51.6 Å². The molecule has 0 spiro atoms. The van der Waals surface area contributed by atoms with E-state index in [1.165, 1.54) is 11.3 Å². The fourth-order valence-electron chi connectivity index (χ4n) is 1.88. The average molecular weight is 324 g/mol. The maximum absolute atomic E-state index is 12.0. The van der Waals surface area contributed by atoms with E-state index in [0.717, 1.165) is 0 Å². The smallest absolute Gasteiger partial charge is 0.348 e. The van der Waals surface area contributed by atoms with Crippen molar-refractivity contribution in [3.63, 3.8) is 0 Å². The number of rotatable bonds is 8. The second-order valence-electron chi connectivity index (χ2n) is 6.34. The van der Waals surface area contributed by atoms with Crippen LogP contribution in [0.3, 0.4) is 0 Å². The summed E-state index contributed by atoms with van der Waals surface area (Å²) in [5.41, 5.74) is -1.11. The first-order valence-electron chi connectivity index (χ1n) is 7.16. The number of Topliss-reactive ketones (excluding diaryl/α,β-unsaturated/α-hetero) is 1. The van der Waals surface area contributed by atoms with Crippen LogP contribution < -0.4 is 0 Å². The molecule has 0 amide bonds. The number of thiophene rings is 1. The minimum atomic E-state index is -0.917. The summed E-state index contributed by atoms with van der Waals surface area (Å²) in [7, 11) is 0. The summed E-state index contributed by atoms with van der Waals surface area (Å²) in [6, 6.07) is 3.54. The average Bonchev–Trinajstić information content (AvgIpc) is 2.90. The standard InChI is InChI=1S/C17H24O4S/c1-12(2)14(18)17(5,6)20-10-9-16(3,4)21-15(19)13-8-7-11-22-13/h7-8,11H,1,9-10H2,2-6H3. The SMILES string of the molecule is C=C(C)C(=O)C(C)(C)OCCC(C)(C)OC(=O)c1cccs1. The maximum Gasteiger partial charge on any atom is 0.348 e. The summed E-state index contributed by atoms with van der Waals surface area (Å²) in [6.45, 7) is 12.7. The van der Waals surface area contributed by atoms with Crippen LogP contribution in [-0.2, 0) is 14.3 Å². The molecule has 0 aromatic carbocycles. The summed E-state index contributed by atoms with van der Waals surface area (Å²) in [5, 5.41) is 1.83. The zero-order valence-corrected chi connectivity index (χ0v) is 14.7. The predicted molar refractivity (Wildman–Crippen MR) is 88.3 cm³/mol. The van der Waals surface area contributed by atoms with Crippen molar-refractivity contribution in [3.05, 3.63) is 34.5 Å².